The van der Waals surface area contributed by atoms with Gasteiger partial charge in [-0.05, 0) is 13.8 Å². The molecule has 2 heterocycles. The van der Waals surface area contributed by atoms with E-state index in [-0.39, 0.29) is 6.61 Å². The van der Waals surface area contributed by atoms with Crippen molar-refractivity contribution in [2.45, 2.75) is 56.5 Å². The number of alkyl halides is 3. The predicted octanol–water partition coefficient (Wildman–Crippen LogP) is 1.36. The molecule has 0 radical (unpaired) electrons. The van der Waals surface area contributed by atoms with Crippen LogP contribution in [0.5, 0.6) is 0 Å². The Morgan fingerprint density at radius 3 is 2.60 bits per heavy atom. The number of aliphatic hydroxyl groups excluding tert-OH is 1. The number of halogens is 3. The van der Waals surface area contributed by atoms with Gasteiger partial charge in [-0.15, -0.1) is 6.58 Å². The molecule has 2 aliphatic heterocycles. The number of rotatable bonds is 4. The third-order valence-electron chi connectivity index (χ3n) is 3.08. The lowest BCUT2D eigenvalue weighted by atomic mass is 10.1. The van der Waals surface area contributed by atoms with E-state index in [1.165, 1.54) is 6.08 Å². The number of fused-ring (bicyclic) bond motifs is 1. The third kappa shape index (κ3) is 2.99. The summed E-state index contributed by atoms with van der Waals surface area (Å²) in [6, 6.07) is 0. The highest BCUT2D eigenvalue weighted by molar-refractivity contribution is 4.98. The minimum absolute atomic E-state index is 0.0160. The summed E-state index contributed by atoms with van der Waals surface area (Å²) in [6.45, 7) is 6.69. The van der Waals surface area contributed by atoms with Crippen molar-refractivity contribution in [2.75, 3.05) is 6.61 Å². The molecule has 0 spiro atoms. The summed E-state index contributed by atoms with van der Waals surface area (Å²) >= 11 is 0. The molecule has 2 fully saturated rings. The Hall–Kier alpha value is -0.670. The van der Waals surface area contributed by atoms with E-state index in [1.54, 1.807) is 13.8 Å². The van der Waals surface area contributed by atoms with Crippen LogP contribution in [0, 0.1) is 0 Å². The molecule has 0 unspecified atom stereocenters. The Kier molecular flexibility index (Phi) is 4.14. The molecular weight excluding hydrogens is 281 g/mol. The summed E-state index contributed by atoms with van der Waals surface area (Å²) in [4.78, 5) is 0. The van der Waals surface area contributed by atoms with Crippen molar-refractivity contribution in [1.29, 1.82) is 0 Å². The lowest BCUT2D eigenvalue weighted by Gasteiger charge is -2.29. The fraction of sp³-hybridized carbons (Fsp3) is 0.833. The zero-order valence-electron chi connectivity index (χ0n) is 11.1. The average Bonchev–Trinajstić information content (AvgIpc) is 2.76. The summed E-state index contributed by atoms with van der Waals surface area (Å²) < 4.78 is 59.2. The van der Waals surface area contributed by atoms with E-state index < -0.39 is 42.7 Å². The third-order valence-corrected chi connectivity index (χ3v) is 3.08. The van der Waals surface area contributed by atoms with E-state index in [9.17, 15) is 18.3 Å². The molecule has 116 valence electrons. The average molecular weight is 298 g/mol. The molecule has 2 rings (SSSR count). The van der Waals surface area contributed by atoms with Gasteiger partial charge in [-0.1, -0.05) is 6.08 Å². The lowest BCUT2D eigenvalue weighted by Crippen LogP contribution is -2.48. The first-order valence-electron chi connectivity index (χ1n) is 6.14. The zero-order chi connectivity index (χ0) is 15.1. The van der Waals surface area contributed by atoms with Crippen molar-refractivity contribution < 1.29 is 37.2 Å². The fourth-order valence-corrected chi connectivity index (χ4v) is 2.31. The molecule has 8 heteroatoms. The van der Waals surface area contributed by atoms with Crippen LogP contribution < -0.4 is 0 Å². The van der Waals surface area contributed by atoms with Gasteiger partial charge in [0.1, 0.15) is 18.3 Å². The van der Waals surface area contributed by atoms with Crippen LogP contribution in [0.3, 0.4) is 0 Å². The second-order valence-electron chi connectivity index (χ2n) is 5.14. The largest absolute Gasteiger partial charge is 0.417 e. The van der Waals surface area contributed by atoms with Crippen molar-refractivity contribution in [3.05, 3.63) is 12.7 Å². The van der Waals surface area contributed by atoms with Gasteiger partial charge in [0.2, 0.25) is 0 Å². The molecule has 0 bridgehead atoms. The molecule has 0 aromatic heterocycles. The second-order valence-corrected chi connectivity index (χ2v) is 5.14. The molecular formula is C12H17F3O5. The number of hydrogen-bond donors (Lipinski definition) is 1. The summed E-state index contributed by atoms with van der Waals surface area (Å²) in [7, 11) is 0. The van der Waals surface area contributed by atoms with Gasteiger partial charge in [0, 0.05) is 0 Å². The molecule has 0 aliphatic carbocycles. The molecule has 0 aromatic rings. The van der Waals surface area contributed by atoms with Crippen LogP contribution in [0.4, 0.5) is 13.2 Å². The smallest absolute Gasteiger partial charge is 0.381 e. The zero-order valence-corrected chi connectivity index (χ0v) is 11.1. The standard InChI is InChI=1S/C12H17F3O5/c1-4-5-17-6-7(9(16)12(13,14)15)18-10-8(6)19-11(2,3)20-10/h4,6-10,16H,1,5H2,2-3H3/t6-,7-,8+,9+,10+/m0/s1. The monoisotopic (exact) mass is 298 g/mol. The first-order valence-corrected chi connectivity index (χ1v) is 6.14. The van der Waals surface area contributed by atoms with Gasteiger partial charge in [0.05, 0.1) is 6.61 Å². The predicted molar refractivity (Wildman–Crippen MR) is 60.7 cm³/mol. The van der Waals surface area contributed by atoms with Gasteiger partial charge in [0.15, 0.2) is 18.2 Å². The normalized spacial score (nSPS) is 37.7. The minimum atomic E-state index is -4.81. The van der Waals surface area contributed by atoms with Crippen molar-refractivity contribution in [3.63, 3.8) is 0 Å². The Morgan fingerprint density at radius 2 is 2.05 bits per heavy atom. The number of aliphatic hydroxyl groups is 1. The van der Waals surface area contributed by atoms with Crippen LogP contribution >= 0.6 is 0 Å². The van der Waals surface area contributed by atoms with Gasteiger partial charge < -0.3 is 24.1 Å². The quantitative estimate of drug-likeness (QED) is 0.794. The Balaban J connectivity index is 2.16. The first kappa shape index (κ1) is 15.7. The maximum Gasteiger partial charge on any atom is 0.417 e. The SMILES string of the molecule is C=CCO[C@@H]1[C@H]2OC(C)(C)O[C@H]2O[C@@H]1[C@@H](O)C(F)(F)F. The maximum absolute atomic E-state index is 12.6. The van der Waals surface area contributed by atoms with Crippen molar-refractivity contribution >= 4 is 0 Å². The van der Waals surface area contributed by atoms with Gasteiger partial charge in [0.25, 0.3) is 0 Å². The minimum Gasteiger partial charge on any atom is -0.381 e. The molecule has 5 nitrogen and oxygen atoms in total. The van der Waals surface area contributed by atoms with E-state index in [1.807, 2.05) is 0 Å². The number of hydrogen-bond acceptors (Lipinski definition) is 5. The highest BCUT2D eigenvalue weighted by Gasteiger charge is 2.61. The van der Waals surface area contributed by atoms with Crippen LogP contribution in [0.25, 0.3) is 0 Å². The first-order chi connectivity index (χ1) is 9.15. The van der Waals surface area contributed by atoms with E-state index in [0.29, 0.717) is 0 Å². The van der Waals surface area contributed by atoms with Crippen LogP contribution in [0.15, 0.2) is 12.7 Å². The Labute approximate surface area is 114 Å². The van der Waals surface area contributed by atoms with Gasteiger partial charge in [-0.2, -0.15) is 13.2 Å². The molecule has 2 saturated heterocycles. The van der Waals surface area contributed by atoms with Gasteiger partial charge in [-0.3, -0.25) is 0 Å². The highest BCUT2D eigenvalue weighted by Crippen LogP contribution is 2.41. The van der Waals surface area contributed by atoms with Gasteiger partial charge >= 0.3 is 6.18 Å². The molecule has 1 N–H and O–H groups in total. The molecule has 2 aliphatic rings. The van der Waals surface area contributed by atoms with E-state index in [4.69, 9.17) is 18.9 Å². The number of ether oxygens (including phenoxy) is 4. The van der Waals surface area contributed by atoms with Crippen LogP contribution in [-0.4, -0.2) is 54.4 Å². The maximum atomic E-state index is 12.6. The van der Waals surface area contributed by atoms with Crippen LogP contribution in [0.2, 0.25) is 0 Å². The molecule has 0 aromatic carbocycles. The fourth-order valence-electron chi connectivity index (χ4n) is 2.31. The van der Waals surface area contributed by atoms with Gasteiger partial charge in [-0.25, -0.2) is 0 Å². The Morgan fingerprint density at radius 1 is 1.40 bits per heavy atom. The summed E-state index contributed by atoms with van der Waals surface area (Å²) in [5.41, 5.74) is 0. The van der Waals surface area contributed by atoms with Crippen LogP contribution in [-0.2, 0) is 18.9 Å². The molecule has 5 atom stereocenters. The van der Waals surface area contributed by atoms with E-state index in [2.05, 4.69) is 6.58 Å². The second kappa shape index (κ2) is 5.27. The van der Waals surface area contributed by atoms with E-state index >= 15 is 0 Å². The molecule has 0 saturated carbocycles. The molecule has 0 amide bonds. The topological polar surface area (TPSA) is 57.2 Å². The Bertz CT molecular complexity index is 371. The summed E-state index contributed by atoms with van der Waals surface area (Å²) in [5, 5.41) is 9.37. The van der Waals surface area contributed by atoms with E-state index in [0.717, 1.165) is 0 Å². The van der Waals surface area contributed by atoms with Crippen molar-refractivity contribution in [2.24, 2.45) is 0 Å². The van der Waals surface area contributed by atoms with Crippen LogP contribution in [0.1, 0.15) is 13.8 Å². The van der Waals surface area contributed by atoms with Crippen molar-refractivity contribution in [1.82, 2.24) is 0 Å². The molecule has 20 heavy (non-hydrogen) atoms. The lowest BCUT2D eigenvalue weighted by molar-refractivity contribution is -0.274. The highest BCUT2D eigenvalue weighted by atomic mass is 19.4. The van der Waals surface area contributed by atoms with Crippen molar-refractivity contribution in [3.8, 4) is 0 Å². The summed E-state index contributed by atoms with van der Waals surface area (Å²) in [5.74, 6) is -0.973. The summed E-state index contributed by atoms with van der Waals surface area (Å²) in [6.07, 6.45) is -10.6.